The molecule has 0 radical (unpaired) electrons. The first kappa shape index (κ1) is 21.1. The zero-order valence-corrected chi connectivity index (χ0v) is 18.5. The molecular formula is C25H30N4O2. The summed E-state index contributed by atoms with van der Waals surface area (Å²) >= 11 is 0. The van der Waals surface area contributed by atoms with Crippen molar-refractivity contribution in [3.8, 4) is 11.4 Å². The topological polar surface area (TPSA) is 59.4 Å². The van der Waals surface area contributed by atoms with Gasteiger partial charge in [0.25, 0.3) is 5.91 Å². The second-order valence-corrected chi connectivity index (χ2v) is 8.04. The van der Waals surface area contributed by atoms with Crippen LogP contribution in [0.25, 0.3) is 5.69 Å². The van der Waals surface area contributed by atoms with Crippen molar-refractivity contribution >= 4 is 5.91 Å². The summed E-state index contributed by atoms with van der Waals surface area (Å²) in [6.45, 7) is 6.50. The summed E-state index contributed by atoms with van der Waals surface area (Å²) in [5, 5.41) is 7.80. The molecule has 1 aliphatic rings. The Hall–Kier alpha value is -3.12. The van der Waals surface area contributed by atoms with E-state index in [0.717, 1.165) is 35.9 Å². The molecule has 162 valence electrons. The summed E-state index contributed by atoms with van der Waals surface area (Å²) in [5.74, 6) is 0.766. The second-order valence-electron chi connectivity index (χ2n) is 8.04. The van der Waals surface area contributed by atoms with Crippen LogP contribution in [0.3, 0.4) is 0 Å². The zero-order chi connectivity index (χ0) is 21.8. The van der Waals surface area contributed by atoms with Gasteiger partial charge in [0.2, 0.25) is 0 Å². The average Bonchev–Trinajstić information content (AvgIpc) is 3.43. The number of amides is 1. The highest BCUT2D eigenvalue weighted by Crippen LogP contribution is 2.26. The maximum absolute atomic E-state index is 13.2. The van der Waals surface area contributed by atoms with Gasteiger partial charge < -0.3 is 10.1 Å². The van der Waals surface area contributed by atoms with E-state index in [1.165, 1.54) is 18.4 Å². The summed E-state index contributed by atoms with van der Waals surface area (Å²) in [4.78, 5) is 15.6. The minimum atomic E-state index is -0.0742. The van der Waals surface area contributed by atoms with E-state index in [9.17, 15) is 4.79 Å². The Labute approximate surface area is 183 Å². The van der Waals surface area contributed by atoms with Crippen LogP contribution < -0.4 is 10.1 Å². The van der Waals surface area contributed by atoms with Gasteiger partial charge in [0.15, 0.2) is 0 Å². The SMILES string of the molecule is COc1ccc(C(CNC(=O)c2c(C)nn(-c3ccccc3)c2C)N2CCCC2)cc1. The van der Waals surface area contributed by atoms with Crippen LogP contribution in [-0.2, 0) is 0 Å². The Morgan fingerprint density at radius 2 is 1.74 bits per heavy atom. The highest BCUT2D eigenvalue weighted by molar-refractivity contribution is 5.96. The molecule has 1 atom stereocenters. The van der Waals surface area contributed by atoms with Crippen LogP contribution >= 0.6 is 0 Å². The number of para-hydroxylation sites is 1. The third kappa shape index (κ3) is 4.49. The van der Waals surface area contributed by atoms with Crippen molar-refractivity contribution in [1.82, 2.24) is 20.0 Å². The number of ether oxygens (including phenoxy) is 1. The molecule has 1 unspecified atom stereocenters. The fourth-order valence-corrected chi connectivity index (χ4v) is 4.41. The number of aryl methyl sites for hydroxylation is 1. The van der Waals surface area contributed by atoms with Crippen LogP contribution in [0.2, 0.25) is 0 Å². The largest absolute Gasteiger partial charge is 0.497 e. The smallest absolute Gasteiger partial charge is 0.255 e. The van der Waals surface area contributed by atoms with E-state index in [4.69, 9.17) is 4.74 Å². The van der Waals surface area contributed by atoms with Gasteiger partial charge in [-0.3, -0.25) is 9.69 Å². The third-order valence-corrected chi connectivity index (χ3v) is 6.06. The second kappa shape index (κ2) is 9.35. The van der Waals surface area contributed by atoms with E-state index in [1.807, 2.05) is 61.0 Å². The van der Waals surface area contributed by atoms with Crippen LogP contribution in [0.15, 0.2) is 54.6 Å². The molecule has 1 aliphatic heterocycles. The molecule has 1 aromatic heterocycles. The molecule has 3 aromatic rings. The lowest BCUT2D eigenvalue weighted by Crippen LogP contribution is -2.37. The fourth-order valence-electron chi connectivity index (χ4n) is 4.41. The third-order valence-electron chi connectivity index (χ3n) is 6.06. The van der Waals surface area contributed by atoms with E-state index in [0.29, 0.717) is 12.1 Å². The number of aromatic nitrogens is 2. The van der Waals surface area contributed by atoms with Crippen LogP contribution in [0, 0.1) is 13.8 Å². The van der Waals surface area contributed by atoms with E-state index in [-0.39, 0.29) is 11.9 Å². The lowest BCUT2D eigenvalue weighted by atomic mass is 10.0. The molecule has 0 aliphatic carbocycles. The van der Waals surface area contributed by atoms with Gasteiger partial charge in [-0.2, -0.15) is 5.10 Å². The molecular weight excluding hydrogens is 388 g/mol. The molecule has 0 bridgehead atoms. The van der Waals surface area contributed by atoms with E-state index < -0.39 is 0 Å². The standard InChI is InChI=1S/C25H30N4O2/c1-18-24(19(2)29(27-18)21-9-5-4-6-10-21)25(30)26-17-23(28-15-7-8-16-28)20-11-13-22(31-3)14-12-20/h4-6,9-14,23H,7-8,15-17H2,1-3H3,(H,26,30). The van der Waals surface area contributed by atoms with Crippen molar-refractivity contribution in [2.24, 2.45) is 0 Å². The van der Waals surface area contributed by atoms with Crippen molar-refractivity contribution in [2.45, 2.75) is 32.7 Å². The monoisotopic (exact) mass is 418 g/mol. The first-order chi connectivity index (χ1) is 15.1. The number of nitrogens with one attached hydrogen (secondary N) is 1. The molecule has 2 heterocycles. The van der Waals surface area contributed by atoms with E-state index in [1.54, 1.807) is 7.11 Å². The first-order valence-electron chi connectivity index (χ1n) is 10.9. The number of likely N-dealkylation sites (tertiary alicyclic amines) is 1. The van der Waals surface area contributed by atoms with Gasteiger partial charge in [-0.15, -0.1) is 0 Å². The molecule has 1 N–H and O–H groups in total. The lowest BCUT2D eigenvalue weighted by molar-refractivity contribution is 0.0936. The summed E-state index contributed by atoms with van der Waals surface area (Å²) < 4.78 is 7.14. The summed E-state index contributed by atoms with van der Waals surface area (Å²) in [5.41, 5.74) is 4.38. The van der Waals surface area contributed by atoms with Crippen molar-refractivity contribution < 1.29 is 9.53 Å². The molecule has 1 saturated heterocycles. The molecule has 2 aromatic carbocycles. The van der Waals surface area contributed by atoms with Crippen molar-refractivity contribution in [3.05, 3.63) is 77.1 Å². The summed E-state index contributed by atoms with van der Waals surface area (Å²) in [7, 11) is 1.67. The Morgan fingerprint density at radius 1 is 1.06 bits per heavy atom. The van der Waals surface area contributed by atoms with Crippen LogP contribution in [0.4, 0.5) is 0 Å². The molecule has 0 spiro atoms. The van der Waals surface area contributed by atoms with Crippen LogP contribution in [0.1, 0.15) is 46.2 Å². The highest BCUT2D eigenvalue weighted by Gasteiger charge is 2.26. The lowest BCUT2D eigenvalue weighted by Gasteiger charge is -2.28. The number of hydrogen-bond donors (Lipinski definition) is 1. The molecule has 1 amide bonds. The van der Waals surface area contributed by atoms with Crippen molar-refractivity contribution in [3.63, 3.8) is 0 Å². The zero-order valence-electron chi connectivity index (χ0n) is 18.5. The average molecular weight is 419 g/mol. The van der Waals surface area contributed by atoms with Crippen LogP contribution in [-0.4, -0.2) is 47.3 Å². The highest BCUT2D eigenvalue weighted by atomic mass is 16.5. The van der Waals surface area contributed by atoms with E-state index >= 15 is 0 Å². The number of benzene rings is 2. The predicted molar refractivity (Wildman–Crippen MR) is 122 cm³/mol. The normalized spacial score (nSPS) is 15.1. The number of rotatable bonds is 7. The number of nitrogens with zero attached hydrogens (tertiary/aromatic N) is 3. The molecule has 0 saturated carbocycles. The molecule has 6 nitrogen and oxygen atoms in total. The number of hydrogen-bond acceptors (Lipinski definition) is 4. The molecule has 1 fully saturated rings. The van der Waals surface area contributed by atoms with E-state index in [2.05, 4.69) is 27.4 Å². The Kier molecular flexibility index (Phi) is 6.37. The fraction of sp³-hybridized carbons (Fsp3) is 0.360. The molecule has 31 heavy (non-hydrogen) atoms. The maximum atomic E-state index is 13.2. The van der Waals surface area contributed by atoms with Gasteiger partial charge in [0.1, 0.15) is 5.75 Å². The van der Waals surface area contributed by atoms with Gasteiger partial charge in [-0.25, -0.2) is 4.68 Å². The minimum Gasteiger partial charge on any atom is -0.497 e. The quantitative estimate of drug-likeness (QED) is 0.629. The van der Waals surface area contributed by atoms with Gasteiger partial charge in [0, 0.05) is 6.54 Å². The molecule has 4 rings (SSSR count). The number of carbonyl (C=O) groups is 1. The van der Waals surface area contributed by atoms with Crippen LogP contribution in [0.5, 0.6) is 5.75 Å². The van der Waals surface area contributed by atoms with Gasteiger partial charge >= 0.3 is 0 Å². The number of carbonyl (C=O) groups excluding carboxylic acids is 1. The predicted octanol–water partition coefficient (Wildman–Crippen LogP) is 4.06. The Morgan fingerprint density at radius 3 is 2.39 bits per heavy atom. The van der Waals surface area contributed by atoms with Gasteiger partial charge in [-0.1, -0.05) is 30.3 Å². The first-order valence-corrected chi connectivity index (χ1v) is 10.9. The Balaban J connectivity index is 1.53. The maximum Gasteiger partial charge on any atom is 0.255 e. The van der Waals surface area contributed by atoms with Gasteiger partial charge in [0.05, 0.1) is 35.8 Å². The van der Waals surface area contributed by atoms with Gasteiger partial charge in [-0.05, 0) is 69.6 Å². The Bertz CT molecular complexity index is 1020. The minimum absolute atomic E-state index is 0.0742. The van der Waals surface area contributed by atoms with Crippen molar-refractivity contribution in [2.75, 3.05) is 26.7 Å². The van der Waals surface area contributed by atoms with Crippen molar-refractivity contribution in [1.29, 1.82) is 0 Å². The summed E-state index contributed by atoms with van der Waals surface area (Å²) in [6.07, 6.45) is 2.39. The molecule has 6 heteroatoms. The number of methoxy groups -OCH3 is 1. The summed E-state index contributed by atoms with van der Waals surface area (Å²) in [6, 6.07) is 18.2.